The minimum atomic E-state index is -2.55. The Labute approximate surface area is 90.2 Å². The molecule has 0 aromatic heterocycles. The van der Waals surface area contributed by atoms with Crippen molar-refractivity contribution in [1.29, 1.82) is 0 Å². The lowest BCUT2D eigenvalue weighted by Crippen LogP contribution is -2.07. The van der Waals surface area contributed by atoms with Crippen molar-refractivity contribution < 1.29 is 18.3 Å². The highest BCUT2D eigenvalue weighted by Crippen LogP contribution is 2.31. The van der Waals surface area contributed by atoms with Crippen LogP contribution in [0.3, 0.4) is 0 Å². The lowest BCUT2D eigenvalue weighted by atomic mass is 10.3. The number of benzene rings is 1. The summed E-state index contributed by atoms with van der Waals surface area (Å²) in [7, 11) is 1.37. The number of nitrogens with zero attached hydrogens (tertiary/aromatic N) is 3. The molecule has 0 heterocycles. The molecule has 0 aliphatic rings. The van der Waals surface area contributed by atoms with Crippen LogP contribution in [0.4, 0.5) is 14.5 Å². The minimum absolute atomic E-state index is 0.180. The number of rotatable bonds is 5. The molecule has 86 valence electrons. The number of ether oxygens (including phenoxy) is 2. The lowest BCUT2D eigenvalue weighted by molar-refractivity contribution is 0.0804. The first kappa shape index (κ1) is 12.1. The number of hydrogen-bond acceptors (Lipinski definition) is 3. The molecule has 16 heavy (non-hydrogen) atoms. The van der Waals surface area contributed by atoms with Gasteiger partial charge in [-0.15, -0.1) is 0 Å². The fraction of sp³-hybridized carbons (Fsp3) is 0.333. The van der Waals surface area contributed by atoms with Crippen molar-refractivity contribution in [2.45, 2.75) is 6.43 Å². The van der Waals surface area contributed by atoms with Crippen LogP contribution in [0.15, 0.2) is 23.3 Å². The van der Waals surface area contributed by atoms with Crippen LogP contribution in [0.5, 0.6) is 11.5 Å². The van der Waals surface area contributed by atoms with Crippen LogP contribution in [-0.4, -0.2) is 20.1 Å². The Kier molecular flexibility index (Phi) is 4.35. The standard InChI is InChI=1S/C9H9F2N3O2/c1-15-8-4-6(13-14-12)2-3-7(8)16-5-9(10)11/h2-4,9H,5H2,1H3. The lowest BCUT2D eigenvalue weighted by Gasteiger charge is -2.10. The summed E-state index contributed by atoms with van der Waals surface area (Å²) in [6, 6.07) is 4.26. The van der Waals surface area contributed by atoms with E-state index >= 15 is 0 Å². The van der Waals surface area contributed by atoms with Gasteiger partial charge < -0.3 is 9.47 Å². The van der Waals surface area contributed by atoms with Crippen LogP contribution in [0.1, 0.15) is 0 Å². The molecule has 0 aliphatic heterocycles. The summed E-state index contributed by atoms with van der Waals surface area (Å²) >= 11 is 0. The fourth-order valence-electron chi connectivity index (χ4n) is 1.04. The number of hydrogen-bond donors (Lipinski definition) is 0. The number of azide groups is 1. The second kappa shape index (κ2) is 5.77. The summed E-state index contributed by atoms with van der Waals surface area (Å²) in [4.78, 5) is 2.59. The van der Waals surface area contributed by atoms with Crippen LogP contribution in [0, 0.1) is 0 Å². The Morgan fingerprint density at radius 2 is 2.19 bits per heavy atom. The SMILES string of the molecule is COc1cc(N=[N+]=[N-])ccc1OCC(F)F. The van der Waals surface area contributed by atoms with Gasteiger partial charge in [0.15, 0.2) is 11.5 Å². The molecular formula is C9H9F2N3O2. The van der Waals surface area contributed by atoms with Crippen LogP contribution in [0.25, 0.3) is 10.4 Å². The fourth-order valence-corrected chi connectivity index (χ4v) is 1.04. The summed E-state index contributed by atoms with van der Waals surface area (Å²) in [5, 5.41) is 3.35. The molecule has 0 radical (unpaired) electrons. The number of alkyl halides is 2. The molecule has 0 atom stereocenters. The largest absolute Gasteiger partial charge is 0.493 e. The molecule has 1 rings (SSSR count). The highest BCUT2D eigenvalue weighted by Gasteiger charge is 2.08. The maximum atomic E-state index is 11.9. The molecule has 1 aromatic carbocycles. The van der Waals surface area contributed by atoms with E-state index in [0.717, 1.165) is 0 Å². The Hall–Kier alpha value is -2.01. The van der Waals surface area contributed by atoms with E-state index in [9.17, 15) is 8.78 Å². The topological polar surface area (TPSA) is 67.2 Å². The van der Waals surface area contributed by atoms with Crippen molar-refractivity contribution in [3.05, 3.63) is 28.6 Å². The Morgan fingerprint density at radius 1 is 1.44 bits per heavy atom. The predicted octanol–water partition coefficient (Wildman–Crippen LogP) is 3.28. The van der Waals surface area contributed by atoms with Gasteiger partial charge in [0.1, 0.15) is 6.61 Å². The van der Waals surface area contributed by atoms with Crippen molar-refractivity contribution in [3.8, 4) is 11.5 Å². The summed E-state index contributed by atoms with van der Waals surface area (Å²) in [5.74, 6) is 0.422. The molecule has 0 fully saturated rings. The number of halogens is 2. The van der Waals surface area contributed by atoms with Crippen LogP contribution >= 0.6 is 0 Å². The molecular weight excluding hydrogens is 220 g/mol. The van der Waals surface area contributed by atoms with Crippen molar-refractivity contribution in [2.24, 2.45) is 5.11 Å². The van der Waals surface area contributed by atoms with E-state index in [1.807, 2.05) is 0 Å². The van der Waals surface area contributed by atoms with Gasteiger partial charge in [0, 0.05) is 10.6 Å². The molecule has 0 aliphatic carbocycles. The molecule has 1 aromatic rings. The quantitative estimate of drug-likeness (QED) is 0.441. The predicted molar refractivity (Wildman–Crippen MR) is 53.3 cm³/mol. The zero-order valence-electron chi connectivity index (χ0n) is 8.43. The van der Waals surface area contributed by atoms with Gasteiger partial charge in [-0.25, -0.2) is 8.78 Å². The second-order valence-corrected chi connectivity index (χ2v) is 2.73. The highest BCUT2D eigenvalue weighted by atomic mass is 19.3. The third kappa shape index (κ3) is 3.29. The van der Waals surface area contributed by atoms with Gasteiger partial charge in [-0.05, 0) is 23.7 Å². The van der Waals surface area contributed by atoms with Gasteiger partial charge in [0.05, 0.1) is 7.11 Å². The molecule has 7 heteroatoms. The summed E-state index contributed by atoms with van der Waals surface area (Å²) in [6.07, 6.45) is -2.55. The molecule has 0 amide bonds. The molecule has 0 N–H and O–H groups in total. The minimum Gasteiger partial charge on any atom is -0.493 e. The third-order valence-corrected chi connectivity index (χ3v) is 1.67. The summed E-state index contributed by atoms with van der Waals surface area (Å²) in [6.45, 7) is -0.711. The van der Waals surface area contributed by atoms with Gasteiger partial charge in [0.25, 0.3) is 6.43 Å². The van der Waals surface area contributed by atoms with Crippen molar-refractivity contribution in [1.82, 2.24) is 0 Å². The first-order valence-electron chi connectivity index (χ1n) is 4.31. The second-order valence-electron chi connectivity index (χ2n) is 2.73. The molecule has 0 unspecified atom stereocenters. The average Bonchev–Trinajstić information content (AvgIpc) is 2.27. The summed E-state index contributed by atoms with van der Waals surface area (Å²) < 4.78 is 33.6. The molecule has 0 saturated carbocycles. The van der Waals surface area contributed by atoms with E-state index in [2.05, 4.69) is 10.0 Å². The van der Waals surface area contributed by atoms with Gasteiger partial charge in [0.2, 0.25) is 0 Å². The zero-order valence-corrected chi connectivity index (χ0v) is 8.43. The van der Waals surface area contributed by atoms with E-state index in [0.29, 0.717) is 5.69 Å². The Balaban J connectivity index is 2.88. The van der Waals surface area contributed by atoms with Gasteiger partial charge in [-0.3, -0.25) is 0 Å². The monoisotopic (exact) mass is 229 g/mol. The van der Waals surface area contributed by atoms with Crippen LogP contribution in [-0.2, 0) is 0 Å². The Morgan fingerprint density at radius 3 is 2.75 bits per heavy atom. The van der Waals surface area contributed by atoms with Gasteiger partial charge in [-0.1, -0.05) is 5.11 Å². The highest BCUT2D eigenvalue weighted by molar-refractivity contribution is 5.51. The van der Waals surface area contributed by atoms with Gasteiger partial charge in [-0.2, -0.15) is 0 Å². The molecule has 5 nitrogen and oxygen atoms in total. The maximum Gasteiger partial charge on any atom is 0.272 e. The summed E-state index contributed by atoms with van der Waals surface area (Å²) in [5.41, 5.74) is 8.54. The first-order chi connectivity index (χ1) is 7.67. The third-order valence-electron chi connectivity index (χ3n) is 1.67. The van der Waals surface area contributed by atoms with Crippen LogP contribution in [0.2, 0.25) is 0 Å². The van der Waals surface area contributed by atoms with E-state index in [1.54, 1.807) is 0 Å². The molecule has 0 spiro atoms. The smallest absolute Gasteiger partial charge is 0.272 e. The van der Waals surface area contributed by atoms with Crippen molar-refractivity contribution >= 4 is 5.69 Å². The van der Waals surface area contributed by atoms with Crippen LogP contribution < -0.4 is 9.47 Å². The molecule has 0 saturated heterocycles. The maximum absolute atomic E-state index is 11.9. The normalized spacial score (nSPS) is 9.75. The van der Waals surface area contributed by atoms with E-state index < -0.39 is 13.0 Å². The van der Waals surface area contributed by atoms with Crippen molar-refractivity contribution in [3.63, 3.8) is 0 Å². The zero-order chi connectivity index (χ0) is 12.0. The van der Waals surface area contributed by atoms with E-state index in [1.165, 1.54) is 25.3 Å². The first-order valence-corrected chi connectivity index (χ1v) is 4.31. The van der Waals surface area contributed by atoms with Gasteiger partial charge >= 0.3 is 0 Å². The average molecular weight is 229 g/mol. The Bertz CT molecular complexity index is 406. The van der Waals surface area contributed by atoms with Crippen molar-refractivity contribution in [2.75, 3.05) is 13.7 Å². The number of methoxy groups -OCH3 is 1. The van der Waals surface area contributed by atoms with E-state index in [4.69, 9.17) is 15.0 Å². The molecule has 0 bridgehead atoms. The van der Waals surface area contributed by atoms with E-state index in [-0.39, 0.29) is 11.5 Å².